The number of carbonyl (C=O) groups excluding carboxylic acids is 1. The number of nitrogens with two attached hydrogens (primary N) is 1. The Morgan fingerprint density at radius 1 is 1.40 bits per heavy atom. The van der Waals surface area contributed by atoms with E-state index in [0.29, 0.717) is 26.1 Å². The Morgan fingerprint density at radius 3 is 2.70 bits per heavy atom. The second-order valence-electron chi connectivity index (χ2n) is 4.92. The standard InChI is InChI=1S/C12H25N3O3S.ClH/c1-2-9-19(17,18)15-8-4-3-5-11(15)10-14-12(16)6-7-13;/h11H,2-10,13H2,1H3,(H,14,16);1H. The molecule has 0 radical (unpaired) electrons. The van der Waals surface area contributed by atoms with Crippen LogP contribution in [0.4, 0.5) is 0 Å². The number of nitrogens with zero attached hydrogens (tertiary/aromatic N) is 1. The lowest BCUT2D eigenvalue weighted by Gasteiger charge is -2.34. The van der Waals surface area contributed by atoms with E-state index in [1.165, 1.54) is 0 Å². The van der Waals surface area contributed by atoms with E-state index in [0.717, 1.165) is 19.3 Å². The van der Waals surface area contributed by atoms with Gasteiger partial charge in [0.2, 0.25) is 15.9 Å². The van der Waals surface area contributed by atoms with Crippen LogP contribution in [0, 0.1) is 0 Å². The second kappa shape index (κ2) is 9.55. The normalized spacial score (nSPS) is 20.2. The zero-order valence-electron chi connectivity index (χ0n) is 12.0. The van der Waals surface area contributed by atoms with Gasteiger partial charge in [-0.2, -0.15) is 4.31 Å². The molecule has 1 rings (SSSR count). The van der Waals surface area contributed by atoms with E-state index in [2.05, 4.69) is 5.32 Å². The van der Waals surface area contributed by atoms with E-state index in [4.69, 9.17) is 5.73 Å². The summed E-state index contributed by atoms with van der Waals surface area (Å²) in [6.07, 6.45) is 3.62. The summed E-state index contributed by atoms with van der Waals surface area (Å²) in [5.74, 6) is 0.0705. The molecule has 8 heteroatoms. The fraction of sp³-hybridized carbons (Fsp3) is 0.917. The molecule has 3 N–H and O–H groups in total. The Bertz CT molecular complexity index is 389. The van der Waals surface area contributed by atoms with Gasteiger partial charge in [-0.05, 0) is 19.3 Å². The fourth-order valence-corrected chi connectivity index (χ4v) is 4.16. The van der Waals surface area contributed by atoms with Gasteiger partial charge in [0.05, 0.1) is 5.75 Å². The maximum absolute atomic E-state index is 12.2. The van der Waals surface area contributed by atoms with Crippen molar-refractivity contribution >= 4 is 28.3 Å². The van der Waals surface area contributed by atoms with E-state index in [1.54, 1.807) is 4.31 Å². The number of amides is 1. The number of halogens is 1. The molecule has 0 saturated carbocycles. The molecule has 0 bridgehead atoms. The Kier molecular flexibility index (Phi) is 9.37. The second-order valence-corrected chi connectivity index (χ2v) is 6.96. The summed E-state index contributed by atoms with van der Waals surface area (Å²) in [5, 5.41) is 2.77. The smallest absolute Gasteiger partial charge is 0.221 e. The van der Waals surface area contributed by atoms with Crippen molar-refractivity contribution in [2.24, 2.45) is 5.73 Å². The number of piperidine rings is 1. The minimum atomic E-state index is -3.19. The van der Waals surface area contributed by atoms with Crippen LogP contribution in [0.15, 0.2) is 0 Å². The minimum Gasteiger partial charge on any atom is -0.354 e. The largest absolute Gasteiger partial charge is 0.354 e. The molecule has 0 spiro atoms. The fourth-order valence-electron chi connectivity index (χ4n) is 2.37. The van der Waals surface area contributed by atoms with Crippen molar-refractivity contribution in [3.63, 3.8) is 0 Å². The maximum Gasteiger partial charge on any atom is 0.221 e. The van der Waals surface area contributed by atoms with E-state index >= 15 is 0 Å². The van der Waals surface area contributed by atoms with Crippen molar-refractivity contribution in [1.82, 2.24) is 9.62 Å². The Morgan fingerprint density at radius 2 is 2.10 bits per heavy atom. The number of carbonyl (C=O) groups is 1. The van der Waals surface area contributed by atoms with Crippen LogP contribution >= 0.6 is 12.4 Å². The minimum absolute atomic E-state index is 0. The summed E-state index contributed by atoms with van der Waals surface area (Å²) in [4.78, 5) is 11.4. The van der Waals surface area contributed by atoms with Crippen LogP contribution in [-0.2, 0) is 14.8 Å². The van der Waals surface area contributed by atoms with Gasteiger partial charge in [0.25, 0.3) is 0 Å². The van der Waals surface area contributed by atoms with Crippen LogP contribution in [0.3, 0.4) is 0 Å². The monoisotopic (exact) mass is 327 g/mol. The molecule has 0 aromatic heterocycles. The number of hydrogen-bond acceptors (Lipinski definition) is 4. The quantitative estimate of drug-likeness (QED) is 0.711. The predicted molar refractivity (Wildman–Crippen MR) is 82.4 cm³/mol. The van der Waals surface area contributed by atoms with Gasteiger partial charge in [-0.1, -0.05) is 13.3 Å². The van der Waals surface area contributed by atoms with E-state index < -0.39 is 10.0 Å². The molecule has 6 nitrogen and oxygen atoms in total. The first-order valence-electron chi connectivity index (χ1n) is 6.97. The lowest BCUT2D eigenvalue weighted by molar-refractivity contribution is -0.121. The molecule has 1 aliphatic heterocycles. The van der Waals surface area contributed by atoms with E-state index in [1.807, 2.05) is 6.92 Å². The van der Waals surface area contributed by atoms with E-state index in [9.17, 15) is 13.2 Å². The maximum atomic E-state index is 12.2. The molecule has 1 atom stereocenters. The third-order valence-electron chi connectivity index (χ3n) is 3.30. The molecule has 0 aromatic carbocycles. The molecule has 0 aromatic rings. The number of hydrogen-bond donors (Lipinski definition) is 2. The lowest BCUT2D eigenvalue weighted by Crippen LogP contribution is -2.50. The van der Waals surface area contributed by atoms with Crippen LogP contribution in [0.25, 0.3) is 0 Å². The first-order valence-corrected chi connectivity index (χ1v) is 8.58. The lowest BCUT2D eigenvalue weighted by atomic mass is 10.1. The molecule has 20 heavy (non-hydrogen) atoms. The Hall–Kier alpha value is -0.370. The van der Waals surface area contributed by atoms with Crippen molar-refractivity contribution in [2.45, 2.75) is 45.1 Å². The molecule has 1 saturated heterocycles. The molecule has 1 aliphatic rings. The number of rotatable bonds is 7. The van der Waals surface area contributed by atoms with E-state index in [-0.39, 0.29) is 36.5 Å². The van der Waals surface area contributed by atoms with Crippen LogP contribution in [0.1, 0.15) is 39.0 Å². The summed E-state index contributed by atoms with van der Waals surface area (Å²) in [6, 6.07) is -0.105. The summed E-state index contributed by atoms with van der Waals surface area (Å²) in [6.45, 7) is 3.13. The van der Waals surface area contributed by atoms with Gasteiger partial charge in [-0.15, -0.1) is 12.4 Å². The molecule has 1 heterocycles. The van der Waals surface area contributed by atoms with Gasteiger partial charge in [0, 0.05) is 32.1 Å². The Labute approximate surface area is 127 Å². The molecule has 1 unspecified atom stereocenters. The first kappa shape index (κ1) is 19.6. The highest BCUT2D eigenvalue weighted by Crippen LogP contribution is 2.20. The molecule has 0 aliphatic carbocycles. The Balaban J connectivity index is 0.00000361. The third-order valence-corrected chi connectivity index (χ3v) is 5.42. The van der Waals surface area contributed by atoms with Gasteiger partial charge in [0.1, 0.15) is 0 Å². The first-order chi connectivity index (χ1) is 9.01. The average molecular weight is 328 g/mol. The number of nitrogens with one attached hydrogen (secondary N) is 1. The highest BCUT2D eigenvalue weighted by atomic mass is 35.5. The summed E-state index contributed by atoms with van der Waals surface area (Å²) in [7, 11) is -3.19. The molecular weight excluding hydrogens is 302 g/mol. The van der Waals surface area contributed by atoms with Crippen LogP contribution in [0.5, 0.6) is 0 Å². The molecule has 120 valence electrons. The van der Waals surface area contributed by atoms with Gasteiger partial charge in [-0.25, -0.2) is 8.42 Å². The molecule has 1 fully saturated rings. The highest BCUT2D eigenvalue weighted by Gasteiger charge is 2.31. The van der Waals surface area contributed by atoms with Crippen molar-refractivity contribution in [3.8, 4) is 0 Å². The van der Waals surface area contributed by atoms with Gasteiger partial charge in [-0.3, -0.25) is 4.79 Å². The van der Waals surface area contributed by atoms with Gasteiger partial charge < -0.3 is 11.1 Å². The zero-order valence-corrected chi connectivity index (χ0v) is 13.6. The van der Waals surface area contributed by atoms with Crippen LogP contribution < -0.4 is 11.1 Å². The van der Waals surface area contributed by atoms with Gasteiger partial charge in [0.15, 0.2) is 0 Å². The molecule has 1 amide bonds. The molecular formula is C12H26ClN3O3S. The van der Waals surface area contributed by atoms with Crippen molar-refractivity contribution in [2.75, 3.05) is 25.4 Å². The van der Waals surface area contributed by atoms with Crippen molar-refractivity contribution < 1.29 is 13.2 Å². The van der Waals surface area contributed by atoms with Gasteiger partial charge >= 0.3 is 0 Å². The average Bonchev–Trinajstić information content (AvgIpc) is 2.37. The van der Waals surface area contributed by atoms with Crippen LogP contribution in [-0.4, -0.2) is 50.1 Å². The topological polar surface area (TPSA) is 92.5 Å². The van der Waals surface area contributed by atoms with Crippen LogP contribution in [0.2, 0.25) is 0 Å². The van der Waals surface area contributed by atoms with Crippen molar-refractivity contribution in [1.29, 1.82) is 0 Å². The summed E-state index contributed by atoms with van der Waals surface area (Å²) >= 11 is 0. The SMILES string of the molecule is CCCS(=O)(=O)N1CCCCC1CNC(=O)CCN.Cl. The zero-order chi connectivity index (χ0) is 14.3. The third kappa shape index (κ3) is 5.95. The summed E-state index contributed by atoms with van der Waals surface area (Å²) < 4.78 is 25.9. The summed E-state index contributed by atoms with van der Waals surface area (Å²) in [5.41, 5.74) is 5.31. The number of sulfonamides is 1. The highest BCUT2D eigenvalue weighted by molar-refractivity contribution is 7.89. The predicted octanol–water partition coefficient (Wildman–Crippen LogP) is 0.468. The van der Waals surface area contributed by atoms with Crippen molar-refractivity contribution in [3.05, 3.63) is 0 Å².